The fourth-order valence-electron chi connectivity index (χ4n) is 3.16. The summed E-state index contributed by atoms with van der Waals surface area (Å²) in [7, 11) is 1.61. The Morgan fingerprint density at radius 2 is 1.59 bits per heavy atom. The third kappa shape index (κ3) is 5.91. The quantitative estimate of drug-likeness (QED) is 0.406. The third-order valence-corrected chi connectivity index (χ3v) is 4.83. The number of nitrogens with one attached hydrogen (secondary N) is 1. The molecule has 1 N–H and O–H groups in total. The number of amides is 1. The Balaban J connectivity index is 1.37. The molecule has 7 nitrogen and oxygen atoms in total. The van der Waals surface area contributed by atoms with Crippen LogP contribution in [0.4, 0.5) is 18.9 Å². The van der Waals surface area contributed by atoms with Crippen molar-refractivity contribution in [1.29, 1.82) is 0 Å². The molecule has 0 spiro atoms. The lowest BCUT2D eigenvalue weighted by molar-refractivity contribution is -0.274. The van der Waals surface area contributed by atoms with Gasteiger partial charge in [-0.15, -0.1) is 18.3 Å². The highest BCUT2D eigenvalue weighted by Gasteiger charge is 2.31. The number of hydrogen-bond donors (Lipinski definition) is 1. The molecule has 10 heteroatoms. The van der Waals surface area contributed by atoms with Crippen LogP contribution < -0.4 is 14.8 Å². The maximum atomic E-state index is 12.4. The minimum absolute atomic E-state index is 0.195. The summed E-state index contributed by atoms with van der Waals surface area (Å²) in [5.41, 5.74) is 3.25. The van der Waals surface area contributed by atoms with Crippen LogP contribution in [0.2, 0.25) is 0 Å². The van der Waals surface area contributed by atoms with Crippen molar-refractivity contribution in [3.8, 4) is 22.8 Å². The largest absolute Gasteiger partial charge is 0.573 e. The number of halogens is 3. The molecule has 34 heavy (non-hydrogen) atoms. The Morgan fingerprint density at radius 3 is 2.21 bits per heavy atom. The van der Waals surface area contributed by atoms with Crippen LogP contribution in [0.5, 0.6) is 11.5 Å². The molecule has 1 aromatic heterocycles. The average Bonchev–Trinajstić information content (AvgIpc) is 3.28. The van der Waals surface area contributed by atoms with Crippen LogP contribution in [0.15, 0.2) is 79.0 Å². The first-order valence-corrected chi connectivity index (χ1v) is 10.1. The Kier molecular flexibility index (Phi) is 6.48. The van der Waals surface area contributed by atoms with E-state index < -0.39 is 18.0 Å². The second-order valence-corrected chi connectivity index (χ2v) is 7.25. The van der Waals surface area contributed by atoms with Gasteiger partial charge in [0, 0.05) is 16.8 Å². The Labute approximate surface area is 192 Å². The highest BCUT2D eigenvalue weighted by Crippen LogP contribution is 2.24. The molecule has 0 saturated heterocycles. The summed E-state index contributed by atoms with van der Waals surface area (Å²) in [6.45, 7) is 0.554. The highest BCUT2D eigenvalue weighted by atomic mass is 19.4. The predicted molar refractivity (Wildman–Crippen MR) is 119 cm³/mol. The van der Waals surface area contributed by atoms with Crippen molar-refractivity contribution in [2.24, 2.45) is 0 Å². The molecule has 174 valence electrons. The number of carbonyl (C=O) groups excluding carboxylic acids is 1. The number of aromatic nitrogens is 3. The summed E-state index contributed by atoms with van der Waals surface area (Å²) in [4.78, 5) is 12.4. The van der Waals surface area contributed by atoms with E-state index in [-0.39, 0.29) is 5.56 Å². The summed E-state index contributed by atoms with van der Waals surface area (Å²) < 4.78 is 47.4. The molecule has 0 bridgehead atoms. The van der Waals surface area contributed by atoms with Gasteiger partial charge in [0.25, 0.3) is 5.91 Å². The van der Waals surface area contributed by atoms with Gasteiger partial charge in [-0.25, -0.2) is 4.68 Å². The molecular formula is C24H19F3N4O3. The fourth-order valence-corrected chi connectivity index (χ4v) is 3.16. The van der Waals surface area contributed by atoms with Crippen molar-refractivity contribution in [1.82, 2.24) is 15.0 Å². The van der Waals surface area contributed by atoms with E-state index in [0.717, 1.165) is 29.0 Å². The van der Waals surface area contributed by atoms with Crippen molar-refractivity contribution >= 4 is 11.6 Å². The lowest BCUT2D eigenvalue weighted by atomic mass is 10.1. The van der Waals surface area contributed by atoms with Crippen molar-refractivity contribution in [3.63, 3.8) is 0 Å². The van der Waals surface area contributed by atoms with Gasteiger partial charge in [0.2, 0.25) is 0 Å². The lowest BCUT2D eigenvalue weighted by Gasteiger charge is -2.09. The highest BCUT2D eigenvalue weighted by molar-refractivity contribution is 6.04. The molecule has 0 saturated carbocycles. The van der Waals surface area contributed by atoms with Crippen LogP contribution in [0.3, 0.4) is 0 Å². The second kappa shape index (κ2) is 9.65. The van der Waals surface area contributed by atoms with E-state index in [4.69, 9.17) is 4.74 Å². The third-order valence-electron chi connectivity index (χ3n) is 4.83. The number of nitrogens with zero attached hydrogens (tertiary/aromatic N) is 3. The normalized spacial score (nSPS) is 11.2. The smallest absolute Gasteiger partial charge is 0.497 e. The standard InChI is InChI=1S/C24H19F3N4O3/c1-33-20-10-2-16(3-11-20)14-31-15-22(29-30-31)17-4-8-19(9-5-17)28-23(32)18-6-12-21(13-7-18)34-24(25,26)27/h2-13,15H,14H2,1H3,(H,28,32). The van der Waals surface area contributed by atoms with Gasteiger partial charge in [0.05, 0.1) is 19.9 Å². The number of benzene rings is 3. The zero-order valence-electron chi connectivity index (χ0n) is 17.9. The zero-order chi connectivity index (χ0) is 24.1. The van der Waals surface area contributed by atoms with E-state index in [1.165, 1.54) is 12.1 Å². The molecule has 0 aliphatic heterocycles. The molecule has 0 unspecified atom stereocenters. The maximum absolute atomic E-state index is 12.4. The van der Waals surface area contributed by atoms with Crippen LogP contribution >= 0.6 is 0 Å². The topological polar surface area (TPSA) is 78.3 Å². The number of ether oxygens (including phenoxy) is 2. The van der Waals surface area contributed by atoms with Crippen LogP contribution in [-0.2, 0) is 6.54 Å². The molecule has 0 fully saturated rings. The average molecular weight is 468 g/mol. The fraction of sp³-hybridized carbons (Fsp3) is 0.125. The zero-order valence-corrected chi connectivity index (χ0v) is 17.9. The number of hydrogen-bond acceptors (Lipinski definition) is 5. The van der Waals surface area contributed by atoms with Gasteiger partial charge in [-0.2, -0.15) is 0 Å². The van der Waals surface area contributed by atoms with Gasteiger partial charge in [0.1, 0.15) is 17.2 Å². The number of anilines is 1. The van der Waals surface area contributed by atoms with Gasteiger partial charge >= 0.3 is 6.36 Å². The SMILES string of the molecule is COc1ccc(Cn2cc(-c3ccc(NC(=O)c4ccc(OC(F)(F)F)cc4)cc3)nn2)cc1. The second-order valence-electron chi connectivity index (χ2n) is 7.25. The summed E-state index contributed by atoms with van der Waals surface area (Å²) in [5.74, 6) is -0.0760. The summed E-state index contributed by atoms with van der Waals surface area (Å²) >= 11 is 0. The summed E-state index contributed by atoms with van der Waals surface area (Å²) in [5, 5.41) is 11.1. The van der Waals surface area contributed by atoms with Crippen molar-refractivity contribution < 1.29 is 27.4 Å². The van der Waals surface area contributed by atoms with Gasteiger partial charge in [0.15, 0.2) is 0 Å². The van der Waals surface area contributed by atoms with Crippen molar-refractivity contribution in [2.75, 3.05) is 12.4 Å². The Hall–Kier alpha value is -4.34. The van der Waals surface area contributed by atoms with E-state index in [0.29, 0.717) is 17.9 Å². The van der Waals surface area contributed by atoms with Gasteiger partial charge < -0.3 is 14.8 Å². The van der Waals surface area contributed by atoms with Crippen LogP contribution in [0, 0.1) is 0 Å². The number of carbonyl (C=O) groups is 1. The van der Waals surface area contributed by atoms with E-state index >= 15 is 0 Å². The van der Waals surface area contributed by atoms with Crippen molar-refractivity contribution in [2.45, 2.75) is 12.9 Å². The van der Waals surface area contributed by atoms with Gasteiger partial charge in [-0.1, -0.05) is 29.5 Å². The monoisotopic (exact) mass is 468 g/mol. The predicted octanol–water partition coefficient (Wildman–Crippen LogP) is 5.15. The number of rotatable bonds is 7. The molecule has 3 aromatic carbocycles. The van der Waals surface area contributed by atoms with E-state index in [1.807, 2.05) is 30.5 Å². The molecule has 0 aliphatic carbocycles. The van der Waals surface area contributed by atoms with E-state index in [2.05, 4.69) is 20.4 Å². The number of alkyl halides is 3. The van der Waals surface area contributed by atoms with Gasteiger partial charge in [-0.05, 0) is 54.1 Å². The molecule has 4 aromatic rings. The molecule has 0 atom stereocenters. The summed E-state index contributed by atoms with van der Waals surface area (Å²) in [6.07, 6.45) is -2.96. The lowest BCUT2D eigenvalue weighted by Crippen LogP contribution is -2.17. The molecule has 4 rings (SSSR count). The van der Waals surface area contributed by atoms with E-state index in [1.54, 1.807) is 36.1 Å². The molecule has 1 amide bonds. The molecule has 0 aliphatic rings. The first-order valence-electron chi connectivity index (χ1n) is 10.1. The number of methoxy groups -OCH3 is 1. The van der Waals surface area contributed by atoms with E-state index in [9.17, 15) is 18.0 Å². The first-order chi connectivity index (χ1) is 16.3. The van der Waals surface area contributed by atoms with Crippen molar-refractivity contribution in [3.05, 3.63) is 90.1 Å². The molecule has 1 heterocycles. The molecule has 0 radical (unpaired) electrons. The molecular weight excluding hydrogens is 449 g/mol. The van der Waals surface area contributed by atoms with Gasteiger partial charge in [-0.3, -0.25) is 4.79 Å². The van der Waals surface area contributed by atoms with Crippen LogP contribution in [0.1, 0.15) is 15.9 Å². The minimum atomic E-state index is -4.79. The maximum Gasteiger partial charge on any atom is 0.573 e. The Bertz CT molecular complexity index is 1250. The summed E-state index contributed by atoms with van der Waals surface area (Å²) in [6, 6.07) is 19.3. The Morgan fingerprint density at radius 1 is 0.941 bits per heavy atom. The van der Waals surface area contributed by atoms with Crippen LogP contribution in [-0.4, -0.2) is 34.4 Å². The minimum Gasteiger partial charge on any atom is -0.497 e. The van der Waals surface area contributed by atoms with Crippen LogP contribution in [0.25, 0.3) is 11.3 Å². The first kappa shape index (κ1) is 22.8.